The van der Waals surface area contributed by atoms with Gasteiger partial charge in [-0.3, -0.25) is 0 Å². The summed E-state index contributed by atoms with van der Waals surface area (Å²) in [6.07, 6.45) is 8.73. The van der Waals surface area contributed by atoms with Gasteiger partial charge in [-0.1, -0.05) is 20.3 Å². The summed E-state index contributed by atoms with van der Waals surface area (Å²) in [4.78, 5) is 0. The fourth-order valence-corrected chi connectivity index (χ4v) is 1.44. The molecule has 0 aliphatic heterocycles. The minimum absolute atomic E-state index is 0.257. The van der Waals surface area contributed by atoms with E-state index in [0.29, 0.717) is 5.92 Å². The highest BCUT2D eigenvalue weighted by Crippen LogP contribution is 1.95. The molecule has 1 atom stereocenters. The van der Waals surface area contributed by atoms with E-state index in [9.17, 15) is 0 Å². The van der Waals surface area contributed by atoms with E-state index in [1.165, 1.54) is 12.8 Å². The van der Waals surface area contributed by atoms with Crippen LogP contribution in [0.2, 0.25) is 0 Å². The molecule has 0 aromatic carbocycles. The fourth-order valence-electron chi connectivity index (χ4n) is 1.44. The Morgan fingerprint density at radius 1 is 1.50 bits per heavy atom. The maximum atomic E-state index is 8.92. The molecule has 0 saturated carbocycles. The molecule has 0 saturated heterocycles. The molecule has 3 nitrogen and oxygen atoms in total. The van der Waals surface area contributed by atoms with Crippen LogP contribution in [0.5, 0.6) is 0 Å². The zero-order valence-corrected chi connectivity index (χ0v) is 9.19. The van der Waals surface area contributed by atoms with Crippen LogP contribution in [0.25, 0.3) is 0 Å². The van der Waals surface area contributed by atoms with Gasteiger partial charge in [0.25, 0.3) is 0 Å². The molecule has 0 bridgehead atoms. The van der Waals surface area contributed by atoms with Crippen LogP contribution in [0, 0.1) is 5.92 Å². The number of aliphatic hydroxyl groups excluding tert-OH is 1. The maximum absolute atomic E-state index is 8.92. The van der Waals surface area contributed by atoms with Crippen LogP contribution in [-0.4, -0.2) is 16.3 Å². The number of aromatic nitrogens is 2. The summed E-state index contributed by atoms with van der Waals surface area (Å²) in [5.41, 5.74) is 0. The smallest absolute Gasteiger partial charge is 0.243 e. The Morgan fingerprint density at radius 3 is 2.93 bits per heavy atom. The normalized spacial score (nSPS) is 13.1. The Hall–Kier alpha value is -0.830. The van der Waals surface area contributed by atoms with E-state index < -0.39 is 0 Å². The highest BCUT2D eigenvalue weighted by Gasteiger charge is 2.07. The van der Waals surface area contributed by atoms with Gasteiger partial charge in [-0.15, -0.1) is 0 Å². The van der Waals surface area contributed by atoms with E-state index in [1.807, 2.05) is 0 Å². The van der Waals surface area contributed by atoms with Crippen molar-refractivity contribution in [3.05, 3.63) is 18.7 Å². The molecule has 80 valence electrons. The number of aliphatic hydroxyl groups is 1. The molecule has 0 spiro atoms. The summed E-state index contributed by atoms with van der Waals surface area (Å²) >= 11 is 0. The minimum Gasteiger partial charge on any atom is -0.396 e. The summed E-state index contributed by atoms with van der Waals surface area (Å²) in [7, 11) is 0. The molecular formula is C11H21N2O+. The number of unbranched alkanes of at least 4 members (excludes halogenated alkanes) is 1. The van der Waals surface area contributed by atoms with E-state index >= 15 is 0 Å². The predicted octanol–water partition coefficient (Wildman–Crippen LogP) is 1.20. The Labute approximate surface area is 86.0 Å². The van der Waals surface area contributed by atoms with Crippen molar-refractivity contribution >= 4 is 0 Å². The minimum atomic E-state index is 0.257. The molecule has 3 heteroatoms. The van der Waals surface area contributed by atoms with Gasteiger partial charge in [0.15, 0.2) is 0 Å². The zero-order chi connectivity index (χ0) is 10.4. The van der Waals surface area contributed by atoms with E-state index in [1.54, 1.807) is 0 Å². The third kappa shape index (κ3) is 3.50. The predicted molar refractivity (Wildman–Crippen MR) is 55.8 cm³/mol. The van der Waals surface area contributed by atoms with Gasteiger partial charge in [0, 0.05) is 12.5 Å². The lowest BCUT2D eigenvalue weighted by molar-refractivity contribution is -0.702. The van der Waals surface area contributed by atoms with Crippen LogP contribution in [0.1, 0.15) is 26.7 Å². The third-order valence-electron chi connectivity index (χ3n) is 2.35. The summed E-state index contributed by atoms with van der Waals surface area (Å²) in [6, 6.07) is 0. The quantitative estimate of drug-likeness (QED) is 0.682. The molecule has 0 aliphatic carbocycles. The molecule has 0 amide bonds. The largest absolute Gasteiger partial charge is 0.396 e. The van der Waals surface area contributed by atoms with Crippen LogP contribution in [0.15, 0.2) is 18.7 Å². The summed E-state index contributed by atoms with van der Waals surface area (Å²) in [5.74, 6) is 0.335. The molecule has 1 heterocycles. The van der Waals surface area contributed by atoms with Crippen molar-refractivity contribution in [2.24, 2.45) is 5.92 Å². The number of aryl methyl sites for hydroxylation is 1. The van der Waals surface area contributed by atoms with Crippen molar-refractivity contribution in [1.29, 1.82) is 0 Å². The Kier molecular flexibility index (Phi) is 4.66. The molecule has 1 rings (SSSR count). The highest BCUT2D eigenvalue weighted by atomic mass is 16.3. The Bertz CT molecular complexity index is 258. The van der Waals surface area contributed by atoms with Crippen LogP contribution in [-0.2, 0) is 13.1 Å². The van der Waals surface area contributed by atoms with Gasteiger partial charge in [0.1, 0.15) is 12.4 Å². The first-order valence-electron chi connectivity index (χ1n) is 5.42. The van der Waals surface area contributed by atoms with Gasteiger partial charge in [0.05, 0.1) is 13.1 Å². The van der Waals surface area contributed by atoms with Crippen molar-refractivity contribution in [2.45, 2.75) is 39.8 Å². The Balaban J connectivity index is 2.42. The summed E-state index contributed by atoms with van der Waals surface area (Å²) in [6.45, 7) is 6.50. The van der Waals surface area contributed by atoms with Gasteiger partial charge >= 0.3 is 0 Å². The first kappa shape index (κ1) is 11.2. The second-order valence-electron chi connectivity index (χ2n) is 3.99. The number of nitrogens with zero attached hydrogens (tertiary/aromatic N) is 2. The molecule has 0 aliphatic rings. The van der Waals surface area contributed by atoms with E-state index in [2.05, 4.69) is 41.7 Å². The third-order valence-corrected chi connectivity index (χ3v) is 2.35. The first-order chi connectivity index (χ1) is 6.76. The lowest BCUT2D eigenvalue weighted by Crippen LogP contribution is -2.35. The van der Waals surface area contributed by atoms with E-state index in [0.717, 1.165) is 13.1 Å². The second kappa shape index (κ2) is 5.81. The van der Waals surface area contributed by atoms with Crippen LogP contribution >= 0.6 is 0 Å². The van der Waals surface area contributed by atoms with Gasteiger partial charge < -0.3 is 5.11 Å². The number of rotatable bonds is 6. The van der Waals surface area contributed by atoms with Gasteiger partial charge in [-0.05, 0) is 6.42 Å². The average molecular weight is 197 g/mol. The second-order valence-corrected chi connectivity index (χ2v) is 3.99. The van der Waals surface area contributed by atoms with Crippen LogP contribution < -0.4 is 4.57 Å². The Morgan fingerprint density at radius 2 is 2.29 bits per heavy atom. The standard InChI is InChI=1S/C11H21N2O/c1-3-4-5-12-6-7-13(10-12)8-11(2)9-14/h6-7,10-11,14H,3-5,8-9H2,1-2H3/q+1/t11-/m1/s1. The van der Waals surface area contributed by atoms with Gasteiger partial charge in [-0.25, -0.2) is 9.13 Å². The van der Waals surface area contributed by atoms with E-state index in [4.69, 9.17) is 5.11 Å². The zero-order valence-electron chi connectivity index (χ0n) is 9.19. The average Bonchev–Trinajstić information content (AvgIpc) is 2.62. The van der Waals surface area contributed by atoms with Gasteiger partial charge in [0.2, 0.25) is 6.33 Å². The molecule has 0 unspecified atom stereocenters. The summed E-state index contributed by atoms with van der Waals surface area (Å²) in [5, 5.41) is 8.92. The van der Waals surface area contributed by atoms with Crippen molar-refractivity contribution in [1.82, 2.24) is 4.57 Å². The SMILES string of the molecule is CCCCn1cc[n+](C[C@@H](C)CO)c1. The van der Waals surface area contributed by atoms with Crippen molar-refractivity contribution < 1.29 is 9.67 Å². The van der Waals surface area contributed by atoms with Crippen molar-refractivity contribution in [2.75, 3.05) is 6.61 Å². The number of imidazole rings is 1. The maximum Gasteiger partial charge on any atom is 0.243 e. The van der Waals surface area contributed by atoms with Crippen LogP contribution in [0.4, 0.5) is 0 Å². The fraction of sp³-hybridized carbons (Fsp3) is 0.727. The highest BCUT2D eigenvalue weighted by molar-refractivity contribution is 4.66. The number of hydrogen-bond donors (Lipinski definition) is 1. The molecule has 1 aromatic heterocycles. The molecule has 14 heavy (non-hydrogen) atoms. The van der Waals surface area contributed by atoms with E-state index in [-0.39, 0.29) is 6.61 Å². The first-order valence-corrected chi connectivity index (χ1v) is 5.42. The lowest BCUT2D eigenvalue weighted by Gasteiger charge is -2.02. The van der Waals surface area contributed by atoms with Gasteiger partial charge in [-0.2, -0.15) is 0 Å². The molecule has 1 aromatic rings. The van der Waals surface area contributed by atoms with Crippen molar-refractivity contribution in [3.63, 3.8) is 0 Å². The van der Waals surface area contributed by atoms with Crippen molar-refractivity contribution in [3.8, 4) is 0 Å². The molecule has 1 N–H and O–H groups in total. The molecule has 0 fully saturated rings. The topological polar surface area (TPSA) is 29.0 Å². The van der Waals surface area contributed by atoms with Crippen LogP contribution in [0.3, 0.4) is 0 Å². The summed E-state index contributed by atoms with van der Waals surface area (Å²) < 4.78 is 4.34. The molecular weight excluding hydrogens is 176 g/mol. The molecule has 0 radical (unpaired) electrons. The monoisotopic (exact) mass is 197 g/mol. The number of hydrogen-bond acceptors (Lipinski definition) is 1. The lowest BCUT2D eigenvalue weighted by atomic mass is 10.2.